The molecule has 7 heteroatoms. The number of carboxylic acid groups (broad SMARTS) is 1. The average molecular weight is 392 g/mol. The molecule has 0 radical (unpaired) electrons. The van der Waals surface area contributed by atoms with Gasteiger partial charge in [-0.05, 0) is 25.3 Å². The quantitative estimate of drug-likeness (QED) is 0.740. The van der Waals surface area contributed by atoms with Gasteiger partial charge in [0.05, 0.1) is 28.3 Å². The van der Waals surface area contributed by atoms with E-state index < -0.39 is 11.9 Å². The fourth-order valence-electron chi connectivity index (χ4n) is 4.24. The summed E-state index contributed by atoms with van der Waals surface area (Å²) in [5, 5.41) is 14.6. The molecular weight excluding hydrogens is 368 g/mol. The molecule has 0 aliphatic carbocycles. The maximum absolute atomic E-state index is 13.5. The molecule has 1 aliphatic rings. The Morgan fingerprint density at radius 2 is 1.93 bits per heavy atom. The van der Waals surface area contributed by atoms with Crippen molar-refractivity contribution < 1.29 is 14.7 Å². The van der Waals surface area contributed by atoms with Gasteiger partial charge < -0.3 is 10.0 Å². The SMILES string of the molecule is Cc1nn(C)c2nc(-c3ccccc3)cc(C(=O)N3CCC(C(=O)O)C(C)C3)c12. The highest BCUT2D eigenvalue weighted by molar-refractivity contribution is 6.07. The molecule has 29 heavy (non-hydrogen) atoms. The lowest BCUT2D eigenvalue weighted by Crippen LogP contribution is -2.45. The molecule has 1 saturated heterocycles. The number of pyridine rings is 1. The van der Waals surface area contributed by atoms with Crippen LogP contribution in [0.15, 0.2) is 36.4 Å². The molecule has 2 unspecified atom stereocenters. The number of rotatable bonds is 3. The second kappa shape index (κ2) is 7.31. The summed E-state index contributed by atoms with van der Waals surface area (Å²) in [6, 6.07) is 11.6. The molecule has 2 aromatic heterocycles. The molecule has 0 saturated carbocycles. The number of carboxylic acids is 1. The molecule has 2 atom stereocenters. The number of piperidine rings is 1. The Labute approximate surface area is 169 Å². The first-order valence-corrected chi connectivity index (χ1v) is 9.78. The number of fused-ring (bicyclic) bond motifs is 1. The van der Waals surface area contributed by atoms with E-state index in [2.05, 4.69) is 5.10 Å². The van der Waals surface area contributed by atoms with Gasteiger partial charge in [0, 0.05) is 25.7 Å². The van der Waals surface area contributed by atoms with Gasteiger partial charge in [0.15, 0.2) is 5.65 Å². The number of carbonyl (C=O) groups excluding carboxylic acids is 1. The lowest BCUT2D eigenvalue weighted by molar-refractivity contribution is -0.145. The van der Waals surface area contributed by atoms with E-state index in [0.29, 0.717) is 30.7 Å². The molecule has 1 amide bonds. The van der Waals surface area contributed by atoms with Crippen molar-refractivity contribution in [1.82, 2.24) is 19.7 Å². The van der Waals surface area contributed by atoms with E-state index in [1.54, 1.807) is 9.58 Å². The van der Waals surface area contributed by atoms with Crippen LogP contribution in [-0.2, 0) is 11.8 Å². The van der Waals surface area contributed by atoms with Gasteiger partial charge in [-0.25, -0.2) is 4.98 Å². The van der Waals surface area contributed by atoms with Gasteiger partial charge in [0.25, 0.3) is 5.91 Å². The van der Waals surface area contributed by atoms with Gasteiger partial charge in [0.2, 0.25) is 0 Å². The van der Waals surface area contributed by atoms with E-state index in [1.165, 1.54) is 0 Å². The fourth-order valence-corrected chi connectivity index (χ4v) is 4.24. The first kappa shape index (κ1) is 19.1. The molecule has 1 aromatic carbocycles. The highest BCUT2D eigenvalue weighted by Gasteiger charge is 2.34. The third kappa shape index (κ3) is 3.37. The number of amides is 1. The van der Waals surface area contributed by atoms with Crippen LogP contribution in [0.25, 0.3) is 22.3 Å². The maximum atomic E-state index is 13.5. The van der Waals surface area contributed by atoms with Crippen LogP contribution in [0, 0.1) is 18.8 Å². The predicted molar refractivity (Wildman–Crippen MR) is 109 cm³/mol. The van der Waals surface area contributed by atoms with Crippen LogP contribution in [0.1, 0.15) is 29.4 Å². The van der Waals surface area contributed by atoms with Crippen LogP contribution in [0.2, 0.25) is 0 Å². The molecule has 3 aromatic rings. The summed E-state index contributed by atoms with van der Waals surface area (Å²) >= 11 is 0. The average Bonchev–Trinajstić information content (AvgIpc) is 3.01. The van der Waals surface area contributed by atoms with E-state index in [-0.39, 0.29) is 11.8 Å². The topological polar surface area (TPSA) is 88.3 Å². The van der Waals surface area contributed by atoms with E-state index in [1.807, 2.05) is 57.3 Å². The van der Waals surface area contributed by atoms with Crippen molar-refractivity contribution in [2.45, 2.75) is 20.3 Å². The van der Waals surface area contributed by atoms with E-state index >= 15 is 0 Å². The van der Waals surface area contributed by atoms with E-state index in [0.717, 1.165) is 22.3 Å². The third-order valence-corrected chi connectivity index (χ3v) is 5.78. The zero-order chi connectivity index (χ0) is 20.7. The first-order chi connectivity index (χ1) is 13.9. The van der Waals surface area contributed by atoms with Gasteiger partial charge in [-0.3, -0.25) is 14.3 Å². The Kier molecular flexibility index (Phi) is 4.82. The summed E-state index contributed by atoms with van der Waals surface area (Å²) in [5.74, 6) is -1.38. The van der Waals surface area contributed by atoms with Crippen molar-refractivity contribution >= 4 is 22.9 Å². The third-order valence-electron chi connectivity index (χ3n) is 5.78. The van der Waals surface area contributed by atoms with Crippen molar-refractivity contribution in [3.05, 3.63) is 47.7 Å². The molecule has 150 valence electrons. The molecule has 4 rings (SSSR count). The highest BCUT2D eigenvalue weighted by Crippen LogP contribution is 2.30. The van der Waals surface area contributed by atoms with Crippen LogP contribution >= 0.6 is 0 Å². The van der Waals surface area contributed by atoms with Crippen molar-refractivity contribution in [2.24, 2.45) is 18.9 Å². The number of aromatic nitrogens is 3. The minimum atomic E-state index is -0.787. The monoisotopic (exact) mass is 392 g/mol. The van der Waals surface area contributed by atoms with Crippen LogP contribution in [0.5, 0.6) is 0 Å². The molecule has 7 nitrogen and oxygen atoms in total. The zero-order valence-electron chi connectivity index (χ0n) is 16.8. The smallest absolute Gasteiger partial charge is 0.306 e. The summed E-state index contributed by atoms with van der Waals surface area (Å²) in [5.41, 5.74) is 3.64. The molecule has 1 aliphatic heterocycles. The normalized spacial score (nSPS) is 19.5. The van der Waals surface area contributed by atoms with Gasteiger partial charge in [0.1, 0.15) is 0 Å². The number of nitrogens with zero attached hydrogens (tertiary/aromatic N) is 4. The summed E-state index contributed by atoms with van der Waals surface area (Å²) in [4.78, 5) is 31.4. The second-order valence-electron chi connectivity index (χ2n) is 7.79. The highest BCUT2D eigenvalue weighted by atomic mass is 16.4. The zero-order valence-corrected chi connectivity index (χ0v) is 16.8. The number of aliphatic carboxylic acids is 1. The van der Waals surface area contributed by atoms with Crippen LogP contribution in [0.3, 0.4) is 0 Å². The number of hydrogen-bond acceptors (Lipinski definition) is 4. The Hall–Kier alpha value is -3.22. The minimum absolute atomic E-state index is 0.0916. The Bertz CT molecular complexity index is 1090. The number of benzene rings is 1. The molecule has 0 spiro atoms. The summed E-state index contributed by atoms with van der Waals surface area (Å²) in [6.45, 7) is 4.64. The lowest BCUT2D eigenvalue weighted by Gasteiger charge is -2.35. The van der Waals surface area contributed by atoms with Gasteiger partial charge in [-0.2, -0.15) is 5.10 Å². The number of carbonyl (C=O) groups is 2. The second-order valence-corrected chi connectivity index (χ2v) is 7.79. The molecular formula is C22H24N4O3. The van der Waals surface area contributed by atoms with Gasteiger partial charge in [-0.1, -0.05) is 37.3 Å². The Morgan fingerprint density at radius 1 is 1.21 bits per heavy atom. The predicted octanol–water partition coefficient (Wildman–Crippen LogP) is 3.13. The number of likely N-dealkylation sites (tertiary alicyclic amines) is 1. The van der Waals surface area contributed by atoms with Gasteiger partial charge >= 0.3 is 5.97 Å². The summed E-state index contributed by atoms with van der Waals surface area (Å²) in [6.07, 6.45) is 0.466. The van der Waals surface area contributed by atoms with Gasteiger partial charge in [-0.15, -0.1) is 0 Å². The maximum Gasteiger partial charge on any atom is 0.306 e. The van der Waals surface area contributed by atoms with Crippen molar-refractivity contribution in [1.29, 1.82) is 0 Å². The summed E-state index contributed by atoms with van der Waals surface area (Å²) < 4.78 is 1.70. The van der Waals surface area contributed by atoms with Crippen LogP contribution in [0.4, 0.5) is 0 Å². The van der Waals surface area contributed by atoms with Crippen molar-refractivity contribution in [3.63, 3.8) is 0 Å². The van der Waals surface area contributed by atoms with Crippen LogP contribution < -0.4 is 0 Å². The molecule has 1 N–H and O–H groups in total. The van der Waals surface area contributed by atoms with Crippen molar-refractivity contribution in [3.8, 4) is 11.3 Å². The Morgan fingerprint density at radius 3 is 2.59 bits per heavy atom. The molecule has 0 bridgehead atoms. The number of aryl methyl sites for hydroxylation is 2. The molecule has 3 heterocycles. The minimum Gasteiger partial charge on any atom is -0.481 e. The lowest BCUT2D eigenvalue weighted by atomic mass is 9.86. The largest absolute Gasteiger partial charge is 0.481 e. The van der Waals surface area contributed by atoms with Crippen molar-refractivity contribution in [2.75, 3.05) is 13.1 Å². The van der Waals surface area contributed by atoms with E-state index in [4.69, 9.17) is 4.98 Å². The Balaban J connectivity index is 1.78. The fraction of sp³-hybridized carbons (Fsp3) is 0.364. The summed E-state index contributed by atoms with van der Waals surface area (Å²) in [7, 11) is 1.83. The molecule has 1 fully saturated rings. The van der Waals surface area contributed by atoms with E-state index in [9.17, 15) is 14.7 Å². The van der Waals surface area contributed by atoms with Crippen LogP contribution in [-0.4, -0.2) is 49.7 Å². The standard InChI is InChI=1S/C22H24N4O3/c1-13-12-26(10-9-16(13)22(28)29)21(27)17-11-18(15-7-5-4-6-8-15)23-20-19(17)14(2)24-25(20)3/h4-8,11,13,16H,9-10,12H2,1-3H3,(H,28,29). The number of hydrogen-bond donors (Lipinski definition) is 1. The first-order valence-electron chi connectivity index (χ1n) is 9.78.